The molecular weight excluding hydrogens is 543 g/mol. The number of ether oxygens (including phenoxy) is 1. The van der Waals surface area contributed by atoms with E-state index < -0.39 is 6.04 Å². The minimum atomic E-state index is -0.812. The first-order valence-electron chi connectivity index (χ1n) is 12.5. The van der Waals surface area contributed by atoms with Gasteiger partial charge in [0.25, 0.3) is 5.91 Å². The zero-order chi connectivity index (χ0) is 27.8. The number of benzene rings is 3. The molecule has 0 spiro atoms. The van der Waals surface area contributed by atoms with Crippen molar-refractivity contribution in [2.45, 2.75) is 46.7 Å². The molecule has 0 aliphatic heterocycles. The lowest BCUT2D eigenvalue weighted by atomic mass is 10.0. The number of aryl methyl sites for hydroxylation is 2. The predicted molar refractivity (Wildman–Crippen MR) is 155 cm³/mol. The van der Waals surface area contributed by atoms with Crippen molar-refractivity contribution in [2.75, 3.05) is 13.2 Å². The highest BCUT2D eigenvalue weighted by atomic mass is 35.5. The monoisotopic (exact) mass is 574 g/mol. The van der Waals surface area contributed by atoms with Gasteiger partial charge in [-0.1, -0.05) is 85.0 Å². The van der Waals surface area contributed by atoms with Gasteiger partial charge < -0.3 is 15.0 Å². The summed E-state index contributed by atoms with van der Waals surface area (Å²) in [5.74, 6) is 0.152. The van der Waals surface area contributed by atoms with Crippen molar-refractivity contribution in [2.24, 2.45) is 5.92 Å². The third kappa shape index (κ3) is 8.13. The van der Waals surface area contributed by atoms with E-state index in [1.165, 1.54) is 4.90 Å². The number of halogens is 3. The van der Waals surface area contributed by atoms with Crippen LogP contribution in [0.1, 0.15) is 36.1 Å². The third-order valence-electron chi connectivity index (χ3n) is 6.12. The normalized spacial score (nSPS) is 11.8. The Labute approximate surface area is 240 Å². The third-order valence-corrected chi connectivity index (χ3v) is 7.42. The van der Waals surface area contributed by atoms with E-state index in [4.69, 9.17) is 39.5 Å². The Kier molecular flexibility index (Phi) is 10.9. The zero-order valence-corrected chi connectivity index (χ0v) is 24.3. The fraction of sp³-hybridized carbons (Fsp3) is 0.333. The summed E-state index contributed by atoms with van der Waals surface area (Å²) in [6.07, 6.45) is 0.317. The molecule has 0 bridgehead atoms. The SMILES string of the molecule is Cc1cc(OCC(=O)N(Cc2c(Cl)cccc2Cl)[C@@H](Cc2ccccc2)C(=O)NCC(C)C)cc(C)c1Cl. The first kappa shape index (κ1) is 29.8. The van der Waals surface area contributed by atoms with E-state index in [-0.39, 0.29) is 30.9 Å². The lowest BCUT2D eigenvalue weighted by Gasteiger charge is -2.32. The van der Waals surface area contributed by atoms with Gasteiger partial charge in [0.1, 0.15) is 11.8 Å². The second kappa shape index (κ2) is 13.9. The fourth-order valence-corrected chi connectivity index (χ4v) is 4.67. The average Bonchev–Trinajstić information content (AvgIpc) is 2.88. The standard InChI is InChI=1S/C30H33Cl3N2O3/c1-19(2)16-34-30(37)27(15-22-9-6-5-7-10-22)35(17-24-25(31)11-8-12-26(24)32)28(36)18-38-23-13-20(3)29(33)21(4)14-23/h5-14,19,27H,15-18H2,1-4H3,(H,34,37)/t27-/m0/s1. The molecule has 0 saturated carbocycles. The summed E-state index contributed by atoms with van der Waals surface area (Å²) in [4.78, 5) is 28.8. The van der Waals surface area contributed by atoms with Gasteiger partial charge in [0.2, 0.25) is 5.91 Å². The number of rotatable bonds is 11. The largest absolute Gasteiger partial charge is 0.484 e. The second-order valence-corrected chi connectivity index (χ2v) is 10.9. The quantitative estimate of drug-likeness (QED) is 0.266. The van der Waals surface area contributed by atoms with Gasteiger partial charge in [-0.05, 0) is 60.7 Å². The van der Waals surface area contributed by atoms with Crippen LogP contribution in [0.5, 0.6) is 5.75 Å². The van der Waals surface area contributed by atoms with E-state index in [0.717, 1.165) is 16.7 Å². The van der Waals surface area contributed by atoms with Crippen LogP contribution >= 0.6 is 34.8 Å². The van der Waals surface area contributed by atoms with E-state index in [1.807, 2.05) is 58.0 Å². The lowest BCUT2D eigenvalue weighted by Crippen LogP contribution is -2.52. The molecule has 202 valence electrons. The topological polar surface area (TPSA) is 58.6 Å². The van der Waals surface area contributed by atoms with E-state index in [1.54, 1.807) is 30.3 Å². The number of carbonyl (C=O) groups excluding carboxylic acids is 2. The van der Waals surface area contributed by atoms with Crippen molar-refractivity contribution in [3.05, 3.63) is 98.0 Å². The van der Waals surface area contributed by atoms with Crippen molar-refractivity contribution >= 4 is 46.6 Å². The van der Waals surface area contributed by atoms with Crippen LogP contribution in [0.3, 0.4) is 0 Å². The summed E-state index contributed by atoms with van der Waals surface area (Å²) in [6.45, 7) is 8.05. The van der Waals surface area contributed by atoms with Crippen molar-refractivity contribution in [3.63, 3.8) is 0 Å². The maximum absolute atomic E-state index is 13.8. The molecule has 0 fully saturated rings. The molecule has 0 aliphatic rings. The van der Waals surface area contributed by atoms with Gasteiger partial charge in [-0.25, -0.2) is 0 Å². The van der Waals surface area contributed by atoms with Gasteiger partial charge in [-0.3, -0.25) is 9.59 Å². The Morgan fingerprint density at radius 3 is 2.11 bits per heavy atom. The highest BCUT2D eigenvalue weighted by molar-refractivity contribution is 6.36. The van der Waals surface area contributed by atoms with Crippen LogP contribution in [0, 0.1) is 19.8 Å². The van der Waals surface area contributed by atoms with Crippen molar-refractivity contribution in [3.8, 4) is 5.75 Å². The Bertz CT molecular complexity index is 1220. The Balaban J connectivity index is 1.96. The minimum Gasteiger partial charge on any atom is -0.484 e. The molecule has 0 saturated heterocycles. The number of hydrogen-bond donors (Lipinski definition) is 1. The molecule has 3 rings (SSSR count). The summed E-state index contributed by atoms with van der Waals surface area (Å²) in [7, 11) is 0. The first-order chi connectivity index (χ1) is 18.1. The number of nitrogens with zero attached hydrogens (tertiary/aromatic N) is 1. The van der Waals surface area contributed by atoms with E-state index in [9.17, 15) is 9.59 Å². The van der Waals surface area contributed by atoms with Gasteiger partial charge in [0.15, 0.2) is 6.61 Å². The molecule has 1 N–H and O–H groups in total. The van der Waals surface area contributed by atoms with Crippen LogP contribution < -0.4 is 10.1 Å². The fourth-order valence-electron chi connectivity index (χ4n) is 4.05. The first-order valence-corrected chi connectivity index (χ1v) is 13.6. The number of amides is 2. The van der Waals surface area contributed by atoms with Gasteiger partial charge >= 0.3 is 0 Å². The Morgan fingerprint density at radius 1 is 0.921 bits per heavy atom. The van der Waals surface area contributed by atoms with Crippen molar-refractivity contribution in [1.82, 2.24) is 10.2 Å². The number of nitrogens with one attached hydrogen (secondary N) is 1. The van der Waals surface area contributed by atoms with Gasteiger partial charge in [-0.2, -0.15) is 0 Å². The van der Waals surface area contributed by atoms with E-state index in [0.29, 0.717) is 39.3 Å². The smallest absolute Gasteiger partial charge is 0.261 e. The van der Waals surface area contributed by atoms with Gasteiger partial charge in [0, 0.05) is 40.1 Å². The average molecular weight is 576 g/mol. The Morgan fingerprint density at radius 2 is 1.53 bits per heavy atom. The summed E-state index contributed by atoms with van der Waals surface area (Å²) in [5.41, 5.74) is 3.19. The molecule has 3 aromatic carbocycles. The molecule has 1 atom stereocenters. The molecule has 8 heteroatoms. The summed E-state index contributed by atoms with van der Waals surface area (Å²) >= 11 is 19.3. The van der Waals surface area contributed by atoms with Crippen LogP contribution in [0.2, 0.25) is 15.1 Å². The number of carbonyl (C=O) groups is 2. The lowest BCUT2D eigenvalue weighted by molar-refractivity contribution is -0.142. The van der Waals surface area contributed by atoms with Crippen molar-refractivity contribution < 1.29 is 14.3 Å². The summed E-state index contributed by atoms with van der Waals surface area (Å²) in [5, 5.41) is 4.49. The molecule has 38 heavy (non-hydrogen) atoms. The van der Waals surface area contributed by atoms with Crippen molar-refractivity contribution in [1.29, 1.82) is 0 Å². The van der Waals surface area contributed by atoms with Crippen LogP contribution in [0.25, 0.3) is 0 Å². The molecule has 0 unspecified atom stereocenters. The molecule has 5 nitrogen and oxygen atoms in total. The maximum Gasteiger partial charge on any atom is 0.261 e. The van der Waals surface area contributed by atoms with Crippen LogP contribution in [0.15, 0.2) is 60.7 Å². The molecule has 0 aromatic heterocycles. The van der Waals surface area contributed by atoms with Gasteiger partial charge in [0.05, 0.1) is 0 Å². The highest BCUT2D eigenvalue weighted by Crippen LogP contribution is 2.28. The van der Waals surface area contributed by atoms with Crippen LogP contribution in [-0.4, -0.2) is 35.9 Å². The second-order valence-electron chi connectivity index (χ2n) is 9.73. The predicted octanol–water partition coefficient (Wildman–Crippen LogP) is 7.05. The molecule has 2 amide bonds. The molecular formula is C30H33Cl3N2O3. The summed E-state index contributed by atoms with van der Waals surface area (Å²) in [6, 6.07) is 17.5. The summed E-state index contributed by atoms with van der Waals surface area (Å²) < 4.78 is 5.89. The minimum absolute atomic E-state index is 0.0476. The number of hydrogen-bond acceptors (Lipinski definition) is 3. The van der Waals surface area contributed by atoms with E-state index >= 15 is 0 Å². The van der Waals surface area contributed by atoms with Gasteiger partial charge in [-0.15, -0.1) is 0 Å². The van der Waals surface area contributed by atoms with Crippen LogP contribution in [0.4, 0.5) is 0 Å². The molecule has 3 aromatic rings. The van der Waals surface area contributed by atoms with E-state index in [2.05, 4.69) is 5.32 Å². The Hall–Kier alpha value is -2.73. The van der Waals surface area contributed by atoms with Crippen LogP contribution in [-0.2, 0) is 22.6 Å². The molecule has 0 radical (unpaired) electrons. The molecule has 0 aliphatic carbocycles. The highest BCUT2D eigenvalue weighted by Gasteiger charge is 2.31. The maximum atomic E-state index is 13.8. The zero-order valence-electron chi connectivity index (χ0n) is 22.1. The molecule has 0 heterocycles.